The molecule has 5 aromatic rings. The van der Waals surface area contributed by atoms with Crippen LogP contribution in [0.5, 0.6) is 11.6 Å². The minimum absolute atomic E-state index is 0.0132. The maximum absolute atomic E-state index is 15.7. The van der Waals surface area contributed by atoms with E-state index in [-0.39, 0.29) is 52.1 Å². The molecule has 2 bridgehead atoms. The number of ether oxygens (including phenoxy) is 3. The number of aryl methyl sites for hydroxylation is 1. The molecule has 5 heterocycles. The number of rotatable bonds is 6. The van der Waals surface area contributed by atoms with Crippen molar-refractivity contribution in [1.82, 2.24) is 24.9 Å². The van der Waals surface area contributed by atoms with E-state index in [1.54, 1.807) is 54.3 Å². The second-order valence-electron chi connectivity index (χ2n) is 12.5. The highest BCUT2D eigenvalue weighted by Gasteiger charge is 2.40. The summed E-state index contributed by atoms with van der Waals surface area (Å²) in [6, 6.07) is 11.2. The maximum atomic E-state index is 15.7. The molecule has 2 aromatic heterocycles. The second kappa shape index (κ2) is 12.4. The molecule has 0 saturated carbocycles. The third-order valence-electron chi connectivity index (χ3n) is 9.59. The van der Waals surface area contributed by atoms with E-state index in [9.17, 15) is 14.7 Å². The Balaban J connectivity index is 1.10. The summed E-state index contributed by atoms with van der Waals surface area (Å²) in [5.41, 5.74) is 4.05. The first kappa shape index (κ1) is 32.2. The van der Waals surface area contributed by atoms with Crippen LogP contribution in [-0.4, -0.2) is 81.0 Å². The maximum Gasteiger partial charge on any atom is 0.337 e. The zero-order valence-electron chi connectivity index (χ0n) is 26.8. The van der Waals surface area contributed by atoms with E-state index in [1.807, 2.05) is 0 Å². The summed E-state index contributed by atoms with van der Waals surface area (Å²) in [4.78, 5) is 34.0. The van der Waals surface area contributed by atoms with Crippen LogP contribution in [0.3, 0.4) is 0 Å². The number of carboxylic acid groups (broad SMARTS) is 1. The largest absolute Gasteiger partial charge is 0.479 e. The minimum Gasteiger partial charge on any atom is -0.479 e. The first-order chi connectivity index (χ1) is 24.1. The standard InChI is InChI=1S/C35H29Cl2FN6O6/c1-42-31-30(40-41-42)24(12-39-33(31)48-2)18-8-25(36)29(26(37)9-18)34(45)43-13-17-4-3-5-21(32(17)50-16-43)22-11-28(23(35(46)47)10-27(22)38)44-19-6-7-20(44)15-49-14-19/h3-5,8-12,19-20H,6-7,13-16H2,1-2H3,(H,46,47). The fraction of sp³-hybridized carbons (Fsp3) is 0.286. The number of carbonyl (C=O) groups excluding carboxylic acids is 1. The summed E-state index contributed by atoms with van der Waals surface area (Å²) in [6.07, 6.45) is 3.31. The lowest BCUT2D eigenvalue weighted by Crippen LogP contribution is -2.46. The van der Waals surface area contributed by atoms with Crippen LogP contribution in [0.25, 0.3) is 33.3 Å². The minimum atomic E-state index is -1.20. The Labute approximate surface area is 294 Å². The number of amides is 1. The first-order valence-electron chi connectivity index (χ1n) is 15.8. The molecule has 3 aromatic carbocycles. The number of morpholine rings is 1. The van der Waals surface area contributed by atoms with Crippen LogP contribution in [0.2, 0.25) is 10.0 Å². The Morgan fingerprint density at radius 2 is 1.78 bits per heavy atom. The highest BCUT2D eigenvalue weighted by molar-refractivity contribution is 6.40. The van der Waals surface area contributed by atoms with Gasteiger partial charge in [-0.15, -0.1) is 5.10 Å². The van der Waals surface area contributed by atoms with Crippen molar-refractivity contribution in [3.05, 3.63) is 81.2 Å². The Kier molecular flexibility index (Phi) is 8.00. The zero-order valence-corrected chi connectivity index (χ0v) is 28.3. The molecule has 1 N–H and O–H groups in total. The quantitative estimate of drug-likeness (QED) is 0.216. The van der Waals surface area contributed by atoms with Gasteiger partial charge in [-0.1, -0.05) is 46.6 Å². The van der Waals surface area contributed by atoms with Gasteiger partial charge in [-0.3, -0.25) is 4.79 Å². The SMILES string of the molecule is COc1ncc(-c2cc(Cl)c(C(=O)N3COc4c(cccc4-c4cc(N5C6CCC5COC6)c(C(=O)O)cc4F)C3)c(Cl)c2)c2nnn(C)c12. The number of hydrogen-bond donors (Lipinski definition) is 1. The van der Waals surface area contributed by atoms with E-state index >= 15 is 4.39 Å². The smallest absolute Gasteiger partial charge is 0.337 e. The van der Waals surface area contributed by atoms with Crippen LogP contribution in [0.4, 0.5) is 10.1 Å². The number of methoxy groups -OCH3 is 1. The van der Waals surface area contributed by atoms with Gasteiger partial charge in [-0.05, 0) is 42.7 Å². The number of nitrogens with zero attached hydrogens (tertiary/aromatic N) is 6. The van der Waals surface area contributed by atoms with Crippen molar-refractivity contribution in [1.29, 1.82) is 0 Å². The molecular weight excluding hydrogens is 690 g/mol. The van der Waals surface area contributed by atoms with Gasteiger partial charge >= 0.3 is 5.97 Å². The molecular formula is C35H29Cl2FN6O6. The van der Waals surface area contributed by atoms with E-state index in [0.29, 0.717) is 63.8 Å². The van der Waals surface area contributed by atoms with Gasteiger partial charge in [0.25, 0.3) is 5.91 Å². The van der Waals surface area contributed by atoms with Gasteiger partial charge in [0.15, 0.2) is 12.2 Å². The summed E-state index contributed by atoms with van der Waals surface area (Å²) in [5.74, 6) is -1.58. The monoisotopic (exact) mass is 718 g/mol. The molecule has 0 spiro atoms. The van der Waals surface area contributed by atoms with E-state index in [4.69, 9.17) is 37.4 Å². The molecule has 1 amide bonds. The van der Waals surface area contributed by atoms with Crippen LogP contribution in [0.1, 0.15) is 39.1 Å². The van der Waals surface area contributed by atoms with Crippen molar-refractivity contribution < 1.29 is 33.3 Å². The summed E-state index contributed by atoms with van der Waals surface area (Å²) in [6.45, 7) is 0.942. The number of pyridine rings is 1. The number of aromatic nitrogens is 4. The van der Waals surface area contributed by atoms with E-state index in [0.717, 1.165) is 18.9 Å². The van der Waals surface area contributed by atoms with Crippen LogP contribution < -0.4 is 14.4 Å². The van der Waals surface area contributed by atoms with Gasteiger partial charge in [0.05, 0.1) is 65.8 Å². The number of carbonyl (C=O) groups is 2. The van der Waals surface area contributed by atoms with Gasteiger partial charge in [-0.2, -0.15) is 0 Å². The summed E-state index contributed by atoms with van der Waals surface area (Å²) in [5, 5.41) is 18.6. The molecule has 2 atom stereocenters. The number of para-hydroxylation sites is 1. The third-order valence-corrected chi connectivity index (χ3v) is 10.2. The van der Waals surface area contributed by atoms with Gasteiger partial charge < -0.3 is 29.1 Å². The van der Waals surface area contributed by atoms with Crippen molar-refractivity contribution in [2.75, 3.05) is 32.0 Å². The van der Waals surface area contributed by atoms with Gasteiger partial charge in [0.2, 0.25) is 5.88 Å². The molecule has 0 radical (unpaired) electrons. The van der Waals surface area contributed by atoms with Crippen LogP contribution in [-0.2, 0) is 18.3 Å². The van der Waals surface area contributed by atoms with Crippen molar-refractivity contribution in [3.8, 4) is 33.9 Å². The van der Waals surface area contributed by atoms with Crippen molar-refractivity contribution >= 4 is 51.8 Å². The summed E-state index contributed by atoms with van der Waals surface area (Å²) < 4.78 is 34.5. The number of benzene rings is 3. The Morgan fingerprint density at radius 3 is 2.48 bits per heavy atom. The highest BCUT2D eigenvalue weighted by Crippen LogP contribution is 2.44. The molecule has 15 heteroatoms. The van der Waals surface area contributed by atoms with Crippen molar-refractivity contribution in [3.63, 3.8) is 0 Å². The lowest BCUT2D eigenvalue weighted by Gasteiger charge is -2.37. The van der Waals surface area contributed by atoms with E-state index in [1.165, 1.54) is 12.0 Å². The zero-order chi connectivity index (χ0) is 34.8. The fourth-order valence-corrected chi connectivity index (χ4v) is 7.92. The highest BCUT2D eigenvalue weighted by atomic mass is 35.5. The predicted molar refractivity (Wildman–Crippen MR) is 183 cm³/mol. The van der Waals surface area contributed by atoms with Gasteiger partial charge in [0, 0.05) is 35.5 Å². The molecule has 2 unspecified atom stereocenters. The molecule has 0 aliphatic carbocycles. The lowest BCUT2D eigenvalue weighted by molar-refractivity contribution is 0.0516. The molecule has 50 heavy (non-hydrogen) atoms. The number of fused-ring (bicyclic) bond motifs is 4. The summed E-state index contributed by atoms with van der Waals surface area (Å²) >= 11 is 13.4. The van der Waals surface area contributed by atoms with Crippen molar-refractivity contribution in [2.24, 2.45) is 7.05 Å². The topological polar surface area (TPSA) is 132 Å². The van der Waals surface area contributed by atoms with Gasteiger partial charge in [0.1, 0.15) is 17.1 Å². The first-order valence-corrected chi connectivity index (χ1v) is 16.6. The number of hydrogen-bond acceptors (Lipinski definition) is 9. The number of aromatic carboxylic acids is 1. The molecule has 256 valence electrons. The molecule has 3 aliphatic rings. The third kappa shape index (κ3) is 5.19. The average Bonchev–Trinajstić information content (AvgIpc) is 3.61. The fourth-order valence-electron chi connectivity index (χ4n) is 7.27. The molecule has 2 fully saturated rings. The Hall–Kier alpha value is -4.98. The average molecular weight is 720 g/mol. The van der Waals surface area contributed by atoms with Crippen LogP contribution >= 0.6 is 23.2 Å². The molecule has 2 saturated heterocycles. The Bertz CT molecular complexity index is 2190. The number of anilines is 1. The van der Waals surface area contributed by atoms with Gasteiger partial charge in [-0.25, -0.2) is 18.9 Å². The predicted octanol–water partition coefficient (Wildman–Crippen LogP) is 6.21. The summed E-state index contributed by atoms with van der Waals surface area (Å²) in [7, 11) is 3.23. The second-order valence-corrected chi connectivity index (χ2v) is 13.3. The number of halogens is 3. The molecule has 8 rings (SSSR count). The molecule has 3 aliphatic heterocycles. The normalized spacial score (nSPS) is 18.3. The van der Waals surface area contributed by atoms with E-state index < -0.39 is 17.7 Å². The Morgan fingerprint density at radius 1 is 1.04 bits per heavy atom. The van der Waals surface area contributed by atoms with Crippen LogP contribution in [0, 0.1) is 5.82 Å². The number of carboxylic acids is 1. The van der Waals surface area contributed by atoms with Crippen LogP contribution in [0.15, 0.2) is 48.7 Å². The van der Waals surface area contributed by atoms with E-state index in [2.05, 4.69) is 20.2 Å². The molecule has 12 nitrogen and oxygen atoms in total. The lowest BCUT2D eigenvalue weighted by atomic mass is 9.96. The van der Waals surface area contributed by atoms with Crippen molar-refractivity contribution in [2.45, 2.75) is 31.5 Å².